The lowest BCUT2D eigenvalue weighted by Gasteiger charge is -2.40. The molecular weight excluding hydrogens is 448 g/mol. The SMILES string of the molecule is O=c1[nH]ccc2cc(N3CCC(N4CCCCC4)CC3)nc(Nc3ccc(C4CCNCC4)cc3)c12. The molecule has 3 aromatic rings. The molecule has 0 bridgehead atoms. The quantitative estimate of drug-likeness (QED) is 0.490. The molecule has 3 N–H and O–H groups in total. The van der Waals surface area contributed by atoms with Gasteiger partial charge in [0.05, 0.1) is 5.39 Å². The minimum absolute atomic E-state index is 0.107. The van der Waals surface area contributed by atoms with Gasteiger partial charge in [-0.25, -0.2) is 4.98 Å². The predicted octanol–water partition coefficient (Wildman–Crippen LogP) is 4.59. The third kappa shape index (κ3) is 5.00. The van der Waals surface area contributed by atoms with Crippen LogP contribution in [0.25, 0.3) is 10.8 Å². The van der Waals surface area contributed by atoms with Gasteiger partial charge < -0.3 is 25.4 Å². The first-order valence-corrected chi connectivity index (χ1v) is 13.8. The minimum Gasteiger partial charge on any atom is -0.356 e. The molecule has 0 atom stereocenters. The molecule has 7 nitrogen and oxygen atoms in total. The number of anilines is 3. The number of fused-ring (bicyclic) bond motifs is 1. The van der Waals surface area contributed by atoms with Crippen LogP contribution in [0.5, 0.6) is 0 Å². The molecule has 0 aliphatic carbocycles. The van der Waals surface area contributed by atoms with Gasteiger partial charge in [-0.05, 0) is 106 Å². The van der Waals surface area contributed by atoms with Gasteiger partial charge in [0, 0.05) is 31.0 Å². The Morgan fingerprint density at radius 3 is 2.39 bits per heavy atom. The zero-order valence-electron chi connectivity index (χ0n) is 21.1. The van der Waals surface area contributed by atoms with Crippen LogP contribution in [-0.4, -0.2) is 60.2 Å². The number of benzene rings is 1. The monoisotopic (exact) mass is 486 g/mol. The summed E-state index contributed by atoms with van der Waals surface area (Å²) in [5, 5.41) is 8.47. The van der Waals surface area contributed by atoms with Crippen LogP contribution < -0.4 is 21.1 Å². The van der Waals surface area contributed by atoms with Crippen LogP contribution >= 0.6 is 0 Å². The fourth-order valence-electron chi connectivity index (χ4n) is 6.33. The van der Waals surface area contributed by atoms with Crippen LogP contribution in [0.4, 0.5) is 17.3 Å². The van der Waals surface area contributed by atoms with Crippen LogP contribution in [-0.2, 0) is 0 Å². The highest BCUT2D eigenvalue weighted by atomic mass is 16.1. The molecule has 5 heterocycles. The van der Waals surface area contributed by atoms with Crippen LogP contribution in [0, 0.1) is 0 Å². The first-order chi connectivity index (χ1) is 17.7. The Kier molecular flexibility index (Phi) is 6.92. The smallest absolute Gasteiger partial charge is 0.259 e. The van der Waals surface area contributed by atoms with Crippen molar-refractivity contribution in [1.29, 1.82) is 0 Å². The molecule has 0 radical (unpaired) electrons. The molecule has 0 amide bonds. The summed E-state index contributed by atoms with van der Waals surface area (Å²) in [6.07, 6.45) is 10.5. The number of pyridine rings is 2. The first kappa shape index (κ1) is 23.5. The van der Waals surface area contributed by atoms with Gasteiger partial charge in [0.2, 0.25) is 0 Å². The maximum atomic E-state index is 12.8. The molecule has 3 saturated heterocycles. The second kappa shape index (κ2) is 10.6. The molecule has 2 aromatic heterocycles. The topological polar surface area (TPSA) is 76.3 Å². The summed E-state index contributed by atoms with van der Waals surface area (Å²) in [5.74, 6) is 2.22. The third-order valence-corrected chi connectivity index (χ3v) is 8.42. The maximum absolute atomic E-state index is 12.8. The molecule has 190 valence electrons. The molecule has 3 aliphatic rings. The molecule has 3 aliphatic heterocycles. The lowest BCUT2D eigenvalue weighted by Crippen LogP contribution is -2.47. The van der Waals surface area contributed by atoms with E-state index in [9.17, 15) is 4.79 Å². The van der Waals surface area contributed by atoms with E-state index in [0.717, 1.165) is 43.1 Å². The average molecular weight is 487 g/mol. The minimum atomic E-state index is -0.107. The van der Waals surface area contributed by atoms with Crippen LogP contribution in [0.1, 0.15) is 56.4 Å². The predicted molar refractivity (Wildman–Crippen MR) is 148 cm³/mol. The summed E-state index contributed by atoms with van der Waals surface area (Å²) in [5.41, 5.74) is 2.25. The molecule has 0 spiro atoms. The Hall–Kier alpha value is -2.90. The fraction of sp³-hybridized carbons (Fsp3) is 0.517. The van der Waals surface area contributed by atoms with Crippen LogP contribution in [0.15, 0.2) is 47.4 Å². The highest BCUT2D eigenvalue weighted by Crippen LogP contribution is 2.31. The molecule has 6 rings (SSSR count). The number of piperidine rings is 3. The van der Waals surface area contributed by atoms with Crippen molar-refractivity contribution in [3.8, 4) is 0 Å². The number of H-pyrrole nitrogens is 1. The number of hydrogen-bond acceptors (Lipinski definition) is 6. The van der Waals surface area contributed by atoms with E-state index in [1.165, 1.54) is 63.6 Å². The van der Waals surface area contributed by atoms with E-state index in [4.69, 9.17) is 4.98 Å². The second-order valence-corrected chi connectivity index (χ2v) is 10.7. The largest absolute Gasteiger partial charge is 0.356 e. The summed E-state index contributed by atoms with van der Waals surface area (Å²) in [4.78, 5) is 25.7. The molecule has 36 heavy (non-hydrogen) atoms. The van der Waals surface area contributed by atoms with Gasteiger partial charge >= 0.3 is 0 Å². The lowest BCUT2D eigenvalue weighted by atomic mass is 9.90. The number of rotatable bonds is 5. The summed E-state index contributed by atoms with van der Waals surface area (Å²) in [6, 6.07) is 13.4. The molecule has 0 unspecified atom stereocenters. The normalized spacial score (nSPS) is 20.6. The van der Waals surface area contributed by atoms with E-state index in [0.29, 0.717) is 23.2 Å². The first-order valence-electron chi connectivity index (χ1n) is 13.8. The van der Waals surface area contributed by atoms with Crippen molar-refractivity contribution in [2.45, 2.75) is 56.9 Å². The van der Waals surface area contributed by atoms with Crippen LogP contribution in [0.3, 0.4) is 0 Å². The van der Waals surface area contributed by atoms with Crippen molar-refractivity contribution in [2.75, 3.05) is 49.5 Å². The standard InChI is InChI=1S/C29H38N6O/c36-29-27-23(10-15-31-29)20-26(35-18-11-25(12-19-35)34-16-2-1-3-17-34)33-28(27)32-24-6-4-21(5-7-24)22-8-13-30-14-9-22/h4-7,10,15,20,22,25,30H,1-3,8-9,11-14,16-19H2,(H,31,36)(H,32,33). The van der Waals surface area contributed by atoms with Crippen LogP contribution in [0.2, 0.25) is 0 Å². The van der Waals surface area contributed by atoms with Crippen molar-refractivity contribution in [1.82, 2.24) is 20.2 Å². The fourth-order valence-corrected chi connectivity index (χ4v) is 6.33. The second-order valence-electron chi connectivity index (χ2n) is 10.7. The van der Waals surface area contributed by atoms with E-state index in [1.54, 1.807) is 6.20 Å². The number of aromatic amines is 1. The highest BCUT2D eigenvalue weighted by Gasteiger charge is 2.26. The summed E-state index contributed by atoms with van der Waals surface area (Å²) in [6.45, 7) is 6.70. The molecular formula is C29H38N6O. The van der Waals surface area contributed by atoms with E-state index >= 15 is 0 Å². The Bertz CT molecular complexity index is 1220. The van der Waals surface area contributed by atoms with Crippen molar-refractivity contribution in [3.63, 3.8) is 0 Å². The van der Waals surface area contributed by atoms with E-state index in [-0.39, 0.29) is 5.56 Å². The Morgan fingerprint density at radius 2 is 1.64 bits per heavy atom. The van der Waals surface area contributed by atoms with E-state index < -0.39 is 0 Å². The lowest BCUT2D eigenvalue weighted by molar-refractivity contribution is 0.141. The van der Waals surface area contributed by atoms with Gasteiger partial charge in [-0.15, -0.1) is 0 Å². The van der Waals surface area contributed by atoms with Gasteiger partial charge in [0.1, 0.15) is 11.6 Å². The van der Waals surface area contributed by atoms with Gasteiger partial charge in [0.15, 0.2) is 0 Å². The number of aromatic nitrogens is 2. The Balaban J connectivity index is 1.23. The van der Waals surface area contributed by atoms with Crippen molar-refractivity contribution in [3.05, 3.63) is 58.5 Å². The van der Waals surface area contributed by atoms with E-state index in [2.05, 4.69) is 55.7 Å². The molecule has 3 fully saturated rings. The third-order valence-electron chi connectivity index (χ3n) is 8.42. The Morgan fingerprint density at radius 1 is 0.889 bits per heavy atom. The highest BCUT2D eigenvalue weighted by molar-refractivity contribution is 5.94. The summed E-state index contributed by atoms with van der Waals surface area (Å²) >= 11 is 0. The van der Waals surface area contributed by atoms with Gasteiger partial charge in [-0.1, -0.05) is 18.6 Å². The zero-order chi connectivity index (χ0) is 24.3. The van der Waals surface area contributed by atoms with E-state index in [1.807, 2.05) is 6.07 Å². The van der Waals surface area contributed by atoms with Gasteiger partial charge in [-0.3, -0.25) is 4.79 Å². The number of likely N-dealkylation sites (tertiary alicyclic amines) is 1. The number of nitrogens with one attached hydrogen (secondary N) is 3. The maximum Gasteiger partial charge on any atom is 0.259 e. The van der Waals surface area contributed by atoms with Crippen molar-refractivity contribution >= 4 is 28.1 Å². The zero-order valence-corrected chi connectivity index (χ0v) is 21.1. The number of hydrogen-bond donors (Lipinski definition) is 3. The molecule has 7 heteroatoms. The molecule has 1 aromatic carbocycles. The average Bonchev–Trinajstić information content (AvgIpc) is 2.94. The summed E-state index contributed by atoms with van der Waals surface area (Å²) < 4.78 is 0. The Labute approximate surface area is 213 Å². The van der Waals surface area contributed by atoms with Gasteiger partial charge in [0.25, 0.3) is 5.56 Å². The summed E-state index contributed by atoms with van der Waals surface area (Å²) in [7, 11) is 0. The molecule has 0 saturated carbocycles. The van der Waals surface area contributed by atoms with Gasteiger partial charge in [-0.2, -0.15) is 0 Å². The number of nitrogens with zero attached hydrogens (tertiary/aromatic N) is 3. The van der Waals surface area contributed by atoms with Crippen molar-refractivity contribution in [2.24, 2.45) is 0 Å². The van der Waals surface area contributed by atoms with Crippen molar-refractivity contribution < 1.29 is 0 Å².